The molecule has 0 saturated heterocycles. The normalized spacial score (nSPS) is 11.1. The Morgan fingerprint density at radius 2 is 1.97 bits per heavy atom. The van der Waals surface area contributed by atoms with Crippen molar-refractivity contribution in [2.45, 2.75) is 20.0 Å². The molecule has 2 aromatic carbocycles. The van der Waals surface area contributed by atoms with Crippen LogP contribution in [0.4, 0.5) is 8.78 Å². The van der Waals surface area contributed by atoms with Crippen LogP contribution in [0.3, 0.4) is 0 Å². The molecule has 1 amide bonds. The second kappa shape index (κ2) is 8.00. The summed E-state index contributed by atoms with van der Waals surface area (Å²) in [5.41, 5.74) is 8.24. The number of oxazole rings is 1. The predicted molar refractivity (Wildman–Crippen MR) is 107 cm³/mol. The predicted octanol–water partition coefficient (Wildman–Crippen LogP) is 3.87. The van der Waals surface area contributed by atoms with Gasteiger partial charge in [0.1, 0.15) is 11.6 Å². The summed E-state index contributed by atoms with van der Waals surface area (Å²) in [5, 5.41) is 3.39. The average molecular weight is 408 g/mol. The van der Waals surface area contributed by atoms with Crippen LogP contribution < -0.4 is 11.1 Å². The highest BCUT2D eigenvalue weighted by Gasteiger charge is 2.21. The number of pyridine rings is 1. The van der Waals surface area contributed by atoms with Crippen LogP contribution in [0.15, 0.2) is 52.9 Å². The molecule has 0 unspecified atom stereocenters. The van der Waals surface area contributed by atoms with E-state index in [0.717, 1.165) is 28.7 Å². The Balaban J connectivity index is 1.64. The molecule has 4 rings (SSSR count). The van der Waals surface area contributed by atoms with Gasteiger partial charge in [-0.25, -0.2) is 13.8 Å². The summed E-state index contributed by atoms with van der Waals surface area (Å²) in [6.07, 6.45) is 0. The molecule has 6 nitrogen and oxygen atoms in total. The summed E-state index contributed by atoms with van der Waals surface area (Å²) >= 11 is 0. The van der Waals surface area contributed by atoms with Crippen LogP contribution in [0.1, 0.15) is 27.5 Å². The van der Waals surface area contributed by atoms with E-state index in [9.17, 15) is 13.6 Å². The molecule has 2 aromatic heterocycles. The first-order chi connectivity index (χ1) is 14.5. The molecule has 0 radical (unpaired) electrons. The first kappa shape index (κ1) is 19.7. The number of nitrogens with two attached hydrogens (primary N) is 1. The van der Waals surface area contributed by atoms with Crippen molar-refractivity contribution >= 4 is 16.8 Å². The van der Waals surface area contributed by atoms with Gasteiger partial charge in [-0.15, -0.1) is 0 Å². The number of benzene rings is 2. The highest BCUT2D eigenvalue weighted by molar-refractivity contribution is 5.96. The number of fused-ring (bicyclic) bond motifs is 1. The summed E-state index contributed by atoms with van der Waals surface area (Å²) in [7, 11) is 0. The van der Waals surface area contributed by atoms with Crippen molar-refractivity contribution in [1.82, 2.24) is 15.3 Å². The highest BCUT2D eigenvalue weighted by Crippen LogP contribution is 2.29. The molecule has 0 atom stereocenters. The number of aromatic nitrogens is 2. The molecule has 0 aliphatic rings. The molecule has 30 heavy (non-hydrogen) atoms. The van der Waals surface area contributed by atoms with E-state index >= 15 is 0 Å². The van der Waals surface area contributed by atoms with E-state index in [1.165, 1.54) is 6.07 Å². The number of amides is 1. The van der Waals surface area contributed by atoms with Gasteiger partial charge in [0, 0.05) is 34.8 Å². The van der Waals surface area contributed by atoms with Crippen LogP contribution >= 0.6 is 0 Å². The molecule has 0 saturated carbocycles. The van der Waals surface area contributed by atoms with Gasteiger partial charge in [-0.05, 0) is 31.2 Å². The van der Waals surface area contributed by atoms with E-state index in [4.69, 9.17) is 10.2 Å². The van der Waals surface area contributed by atoms with Crippen LogP contribution in [-0.2, 0) is 13.1 Å². The topological polar surface area (TPSA) is 94.0 Å². The Kier molecular flexibility index (Phi) is 5.24. The number of halogens is 2. The van der Waals surface area contributed by atoms with Gasteiger partial charge >= 0.3 is 0 Å². The molecular formula is C22H18F2N4O2. The maximum absolute atomic E-state index is 13.8. The van der Waals surface area contributed by atoms with Crippen molar-refractivity contribution in [2.24, 2.45) is 5.73 Å². The summed E-state index contributed by atoms with van der Waals surface area (Å²) in [5.74, 6) is -1.55. The average Bonchev–Trinajstić information content (AvgIpc) is 3.16. The van der Waals surface area contributed by atoms with Crippen molar-refractivity contribution < 1.29 is 18.0 Å². The first-order valence-electron chi connectivity index (χ1n) is 9.25. The standard InChI is InChI=1S/C22H18F2N4O2/c1-12-5-8-15-16(3-2-4-18(15)27-12)22-28-20(19(10-25)30-22)21(29)26-11-13-6-7-14(23)9-17(13)24/h2-9H,10-11,25H2,1H3,(H,26,29). The zero-order valence-electron chi connectivity index (χ0n) is 16.1. The van der Waals surface area contributed by atoms with Gasteiger partial charge in [0.15, 0.2) is 11.5 Å². The smallest absolute Gasteiger partial charge is 0.273 e. The second-order valence-electron chi connectivity index (χ2n) is 6.74. The largest absolute Gasteiger partial charge is 0.439 e. The van der Waals surface area contributed by atoms with E-state index in [-0.39, 0.29) is 36.0 Å². The Bertz CT molecular complexity index is 1250. The van der Waals surface area contributed by atoms with Crippen molar-refractivity contribution in [3.05, 3.63) is 82.9 Å². The fraction of sp³-hybridized carbons (Fsp3) is 0.136. The monoisotopic (exact) mass is 408 g/mol. The zero-order valence-corrected chi connectivity index (χ0v) is 16.1. The molecule has 4 aromatic rings. The highest BCUT2D eigenvalue weighted by atomic mass is 19.1. The Morgan fingerprint density at radius 3 is 2.73 bits per heavy atom. The fourth-order valence-corrected chi connectivity index (χ4v) is 3.15. The van der Waals surface area contributed by atoms with Gasteiger partial charge in [-0.2, -0.15) is 0 Å². The summed E-state index contributed by atoms with van der Waals surface area (Å²) in [4.78, 5) is 21.5. The number of hydrogen-bond donors (Lipinski definition) is 2. The lowest BCUT2D eigenvalue weighted by Crippen LogP contribution is -2.25. The molecule has 0 fully saturated rings. The summed E-state index contributed by atoms with van der Waals surface area (Å²) in [6, 6.07) is 12.5. The van der Waals surface area contributed by atoms with Gasteiger partial charge in [0.2, 0.25) is 5.89 Å². The van der Waals surface area contributed by atoms with E-state index in [2.05, 4.69) is 15.3 Å². The van der Waals surface area contributed by atoms with Crippen LogP contribution in [0.25, 0.3) is 22.4 Å². The number of carbonyl (C=O) groups excluding carboxylic acids is 1. The lowest BCUT2D eigenvalue weighted by atomic mass is 10.1. The van der Waals surface area contributed by atoms with Gasteiger partial charge in [-0.1, -0.05) is 18.2 Å². The Morgan fingerprint density at radius 1 is 1.13 bits per heavy atom. The quantitative estimate of drug-likeness (QED) is 0.523. The maximum Gasteiger partial charge on any atom is 0.273 e. The maximum atomic E-state index is 13.8. The van der Waals surface area contributed by atoms with Crippen LogP contribution in [0, 0.1) is 18.6 Å². The molecule has 0 bridgehead atoms. The summed E-state index contributed by atoms with van der Waals surface area (Å²) < 4.78 is 32.6. The number of aryl methyl sites for hydroxylation is 1. The number of rotatable bonds is 5. The Hall–Kier alpha value is -3.65. The Labute approximate surface area is 170 Å². The van der Waals surface area contributed by atoms with Crippen LogP contribution in [-0.4, -0.2) is 15.9 Å². The third-order valence-corrected chi connectivity index (χ3v) is 4.65. The lowest BCUT2D eigenvalue weighted by Gasteiger charge is -2.05. The van der Waals surface area contributed by atoms with E-state index in [1.54, 1.807) is 0 Å². The van der Waals surface area contributed by atoms with Gasteiger partial charge in [0.25, 0.3) is 5.91 Å². The second-order valence-corrected chi connectivity index (χ2v) is 6.74. The first-order valence-corrected chi connectivity index (χ1v) is 9.25. The molecule has 0 aliphatic heterocycles. The molecule has 8 heteroatoms. The van der Waals surface area contributed by atoms with E-state index in [1.807, 2.05) is 37.3 Å². The number of nitrogens with one attached hydrogen (secondary N) is 1. The van der Waals surface area contributed by atoms with E-state index < -0.39 is 17.5 Å². The molecule has 0 aliphatic carbocycles. The van der Waals surface area contributed by atoms with Crippen molar-refractivity contribution in [2.75, 3.05) is 0 Å². The van der Waals surface area contributed by atoms with Crippen molar-refractivity contribution in [3.63, 3.8) is 0 Å². The van der Waals surface area contributed by atoms with Crippen molar-refractivity contribution in [1.29, 1.82) is 0 Å². The van der Waals surface area contributed by atoms with Crippen LogP contribution in [0.5, 0.6) is 0 Å². The van der Waals surface area contributed by atoms with Gasteiger partial charge in [0.05, 0.1) is 12.1 Å². The lowest BCUT2D eigenvalue weighted by molar-refractivity contribution is 0.0944. The number of carbonyl (C=O) groups is 1. The third-order valence-electron chi connectivity index (χ3n) is 4.65. The van der Waals surface area contributed by atoms with E-state index in [0.29, 0.717) is 5.56 Å². The number of nitrogens with zero attached hydrogens (tertiary/aromatic N) is 2. The summed E-state index contributed by atoms with van der Waals surface area (Å²) in [6.45, 7) is 1.73. The minimum atomic E-state index is -0.742. The zero-order chi connectivity index (χ0) is 21.3. The van der Waals surface area contributed by atoms with Crippen molar-refractivity contribution in [3.8, 4) is 11.5 Å². The number of hydrogen-bond acceptors (Lipinski definition) is 5. The molecule has 3 N–H and O–H groups in total. The van der Waals surface area contributed by atoms with Gasteiger partial charge < -0.3 is 15.5 Å². The fourth-order valence-electron chi connectivity index (χ4n) is 3.15. The SMILES string of the molecule is Cc1ccc2c(-c3nc(C(=O)NCc4ccc(F)cc4F)c(CN)o3)cccc2n1. The molecule has 152 valence electrons. The molecule has 0 spiro atoms. The molecule has 2 heterocycles. The van der Waals surface area contributed by atoms with Crippen LogP contribution in [0.2, 0.25) is 0 Å². The molecular weight excluding hydrogens is 390 g/mol. The minimum absolute atomic E-state index is 0.0205. The minimum Gasteiger partial charge on any atom is -0.439 e. The third kappa shape index (κ3) is 3.77. The van der Waals surface area contributed by atoms with Gasteiger partial charge in [-0.3, -0.25) is 9.78 Å².